The van der Waals surface area contributed by atoms with E-state index in [0.29, 0.717) is 24.6 Å². The Morgan fingerprint density at radius 3 is 2.39 bits per heavy atom. The van der Waals surface area contributed by atoms with Gasteiger partial charge >= 0.3 is 0 Å². The number of rotatable bonds is 5. The van der Waals surface area contributed by atoms with Crippen LogP contribution >= 0.6 is 0 Å². The molecule has 28 heavy (non-hydrogen) atoms. The fourth-order valence-electron chi connectivity index (χ4n) is 4.04. The van der Waals surface area contributed by atoms with Crippen LogP contribution in [0.4, 0.5) is 0 Å². The highest BCUT2D eigenvalue weighted by Crippen LogP contribution is 2.35. The highest BCUT2D eigenvalue weighted by atomic mass is 32.2. The smallest absolute Gasteiger partial charge is 0.213 e. The Labute approximate surface area is 165 Å². The lowest BCUT2D eigenvalue weighted by Crippen LogP contribution is -2.38. The van der Waals surface area contributed by atoms with E-state index in [1.165, 1.54) is 10.9 Å². The molecule has 0 unspecified atom stereocenters. The third-order valence-electron chi connectivity index (χ3n) is 5.75. The average molecular weight is 397 g/mol. The number of fused-ring (bicyclic) bond motifs is 1. The summed E-state index contributed by atoms with van der Waals surface area (Å²) in [4.78, 5) is 14.2. The third-order valence-corrected chi connectivity index (χ3v) is 7.63. The van der Waals surface area contributed by atoms with Gasteiger partial charge in [0.25, 0.3) is 0 Å². The zero-order valence-electron chi connectivity index (χ0n) is 15.9. The van der Waals surface area contributed by atoms with E-state index in [1.807, 2.05) is 24.3 Å². The van der Waals surface area contributed by atoms with Gasteiger partial charge in [-0.3, -0.25) is 4.79 Å². The Morgan fingerprint density at radius 1 is 1.07 bits per heavy atom. The number of aromatic nitrogens is 1. The molecule has 6 heteroatoms. The van der Waals surface area contributed by atoms with E-state index < -0.39 is 10.0 Å². The summed E-state index contributed by atoms with van der Waals surface area (Å²) in [5, 5.41) is 1.19. The van der Waals surface area contributed by atoms with Crippen molar-refractivity contribution in [3.05, 3.63) is 59.8 Å². The maximum Gasteiger partial charge on any atom is 0.213 e. The van der Waals surface area contributed by atoms with Crippen LogP contribution in [0.25, 0.3) is 22.0 Å². The summed E-state index contributed by atoms with van der Waals surface area (Å²) in [5.74, 6) is 0.515. The van der Waals surface area contributed by atoms with E-state index in [9.17, 15) is 13.2 Å². The van der Waals surface area contributed by atoms with Crippen molar-refractivity contribution >= 4 is 27.2 Å². The van der Waals surface area contributed by atoms with E-state index >= 15 is 0 Å². The quantitative estimate of drug-likeness (QED) is 0.658. The van der Waals surface area contributed by atoms with Crippen LogP contribution in [0.2, 0.25) is 0 Å². The fourth-order valence-corrected chi connectivity index (χ4v) is 5.17. The van der Waals surface area contributed by atoms with Crippen LogP contribution in [0.5, 0.6) is 0 Å². The Hall–Kier alpha value is -2.44. The van der Waals surface area contributed by atoms with Crippen LogP contribution in [0.1, 0.15) is 41.6 Å². The minimum Gasteiger partial charge on any atom is -0.361 e. The molecular weight excluding hydrogens is 372 g/mol. The van der Waals surface area contributed by atoms with Gasteiger partial charge < -0.3 is 4.98 Å². The molecule has 2 heterocycles. The van der Waals surface area contributed by atoms with Crippen LogP contribution in [-0.4, -0.2) is 42.8 Å². The SMILES string of the molecule is CCS(=O)(=O)N1CCC(c2c[nH]c3ccc(-c4ccc(C=O)cc4)cc23)CC1. The van der Waals surface area contributed by atoms with Crippen LogP contribution in [-0.2, 0) is 10.0 Å². The summed E-state index contributed by atoms with van der Waals surface area (Å²) >= 11 is 0. The topological polar surface area (TPSA) is 70.2 Å². The number of nitrogens with zero attached hydrogens (tertiary/aromatic N) is 1. The first-order valence-corrected chi connectivity index (χ1v) is 11.3. The molecule has 1 aliphatic rings. The predicted octanol–water partition coefficient (Wildman–Crippen LogP) is 4.18. The van der Waals surface area contributed by atoms with Gasteiger partial charge in [0.2, 0.25) is 10.0 Å². The van der Waals surface area contributed by atoms with E-state index in [-0.39, 0.29) is 5.75 Å². The monoisotopic (exact) mass is 396 g/mol. The summed E-state index contributed by atoms with van der Waals surface area (Å²) < 4.78 is 25.8. The second-order valence-electron chi connectivity index (χ2n) is 7.32. The number of H-pyrrole nitrogens is 1. The number of carbonyl (C=O) groups excluding carboxylic acids is 1. The van der Waals surface area contributed by atoms with Crippen molar-refractivity contribution in [1.82, 2.24) is 9.29 Å². The molecule has 0 saturated carbocycles. The minimum absolute atomic E-state index is 0.164. The number of aldehydes is 1. The standard InChI is InChI=1S/C22H24N2O3S/c1-2-28(26,27)24-11-9-18(10-12-24)21-14-23-22-8-7-19(13-20(21)22)17-5-3-16(15-25)4-6-17/h3-8,13-15,18,23H,2,9-12H2,1H3. The number of hydrogen-bond acceptors (Lipinski definition) is 3. The second-order valence-corrected chi connectivity index (χ2v) is 9.58. The predicted molar refractivity (Wildman–Crippen MR) is 112 cm³/mol. The molecule has 1 aliphatic heterocycles. The number of nitrogens with one attached hydrogen (secondary N) is 1. The molecule has 0 amide bonds. The minimum atomic E-state index is -3.10. The molecule has 2 aromatic carbocycles. The lowest BCUT2D eigenvalue weighted by molar-refractivity contribution is 0.112. The maximum atomic E-state index is 12.1. The Balaban J connectivity index is 1.61. The van der Waals surface area contributed by atoms with E-state index in [1.54, 1.807) is 11.2 Å². The van der Waals surface area contributed by atoms with Gasteiger partial charge in [-0.15, -0.1) is 0 Å². The zero-order chi connectivity index (χ0) is 19.7. The van der Waals surface area contributed by atoms with Crippen molar-refractivity contribution in [2.45, 2.75) is 25.7 Å². The van der Waals surface area contributed by atoms with Crippen molar-refractivity contribution in [2.24, 2.45) is 0 Å². The van der Waals surface area contributed by atoms with E-state index in [0.717, 1.165) is 35.8 Å². The first kappa shape index (κ1) is 18.9. The summed E-state index contributed by atoms with van der Waals surface area (Å²) in [6.45, 7) is 2.87. The maximum absolute atomic E-state index is 12.1. The van der Waals surface area contributed by atoms with Gasteiger partial charge in [0.15, 0.2) is 0 Å². The fraction of sp³-hybridized carbons (Fsp3) is 0.318. The molecular formula is C22H24N2O3S. The normalized spacial score (nSPS) is 16.5. The van der Waals surface area contributed by atoms with Crippen molar-refractivity contribution in [2.75, 3.05) is 18.8 Å². The second kappa shape index (κ2) is 7.53. The Kier molecular flexibility index (Phi) is 5.08. The summed E-state index contributed by atoms with van der Waals surface area (Å²) in [6.07, 6.45) is 4.59. The average Bonchev–Trinajstić information content (AvgIpc) is 3.17. The van der Waals surface area contributed by atoms with Gasteiger partial charge in [0.1, 0.15) is 6.29 Å². The molecule has 0 atom stereocenters. The van der Waals surface area contributed by atoms with Crippen molar-refractivity contribution < 1.29 is 13.2 Å². The number of aromatic amines is 1. The molecule has 3 aromatic rings. The molecule has 0 bridgehead atoms. The van der Waals surface area contributed by atoms with E-state index in [4.69, 9.17) is 0 Å². The number of hydrogen-bond donors (Lipinski definition) is 1. The highest BCUT2D eigenvalue weighted by molar-refractivity contribution is 7.89. The third kappa shape index (κ3) is 3.50. The van der Waals surface area contributed by atoms with Crippen LogP contribution < -0.4 is 0 Å². The molecule has 5 nitrogen and oxygen atoms in total. The van der Waals surface area contributed by atoms with E-state index in [2.05, 4.69) is 29.4 Å². The molecule has 0 spiro atoms. The number of sulfonamides is 1. The zero-order valence-corrected chi connectivity index (χ0v) is 16.7. The van der Waals surface area contributed by atoms with Crippen LogP contribution in [0.3, 0.4) is 0 Å². The molecule has 146 valence electrons. The summed E-state index contributed by atoms with van der Waals surface area (Å²) in [6, 6.07) is 13.9. The number of carbonyl (C=O) groups is 1. The molecule has 1 N–H and O–H groups in total. The largest absolute Gasteiger partial charge is 0.361 e. The Morgan fingerprint density at radius 2 is 1.75 bits per heavy atom. The summed E-state index contributed by atoms with van der Waals surface area (Å²) in [5.41, 5.74) is 5.20. The summed E-state index contributed by atoms with van der Waals surface area (Å²) in [7, 11) is -3.10. The Bertz CT molecular complexity index is 1090. The van der Waals surface area contributed by atoms with Crippen molar-refractivity contribution in [3.8, 4) is 11.1 Å². The van der Waals surface area contributed by atoms with Crippen molar-refractivity contribution in [3.63, 3.8) is 0 Å². The lowest BCUT2D eigenvalue weighted by atomic mass is 9.89. The van der Waals surface area contributed by atoms with Gasteiger partial charge in [-0.2, -0.15) is 0 Å². The van der Waals surface area contributed by atoms with Gasteiger partial charge in [-0.05, 0) is 54.5 Å². The number of piperidine rings is 1. The first-order valence-electron chi connectivity index (χ1n) is 9.66. The molecule has 1 fully saturated rings. The van der Waals surface area contributed by atoms with Gasteiger partial charge in [0.05, 0.1) is 5.75 Å². The van der Waals surface area contributed by atoms with Gasteiger partial charge in [-0.25, -0.2) is 12.7 Å². The van der Waals surface area contributed by atoms with Gasteiger partial charge in [0, 0.05) is 35.8 Å². The number of benzene rings is 2. The molecule has 0 aliphatic carbocycles. The van der Waals surface area contributed by atoms with Crippen LogP contribution in [0, 0.1) is 0 Å². The molecule has 4 rings (SSSR count). The first-order chi connectivity index (χ1) is 13.5. The molecule has 1 saturated heterocycles. The van der Waals surface area contributed by atoms with Gasteiger partial charge in [-0.1, -0.05) is 30.3 Å². The molecule has 0 radical (unpaired) electrons. The van der Waals surface area contributed by atoms with Crippen molar-refractivity contribution in [1.29, 1.82) is 0 Å². The highest BCUT2D eigenvalue weighted by Gasteiger charge is 2.28. The lowest BCUT2D eigenvalue weighted by Gasteiger charge is -2.30. The molecule has 1 aromatic heterocycles. The van der Waals surface area contributed by atoms with Crippen LogP contribution in [0.15, 0.2) is 48.7 Å².